The summed E-state index contributed by atoms with van der Waals surface area (Å²) in [5.74, 6) is 0. The van der Waals surface area contributed by atoms with Crippen molar-refractivity contribution < 1.29 is 0 Å². The molecule has 2 aliphatic rings. The molecule has 4 N–H and O–H groups in total. The van der Waals surface area contributed by atoms with Crippen molar-refractivity contribution in [1.29, 1.82) is 0 Å². The number of hydrogen-bond acceptors (Lipinski definition) is 8. The van der Waals surface area contributed by atoms with Crippen molar-refractivity contribution in [2.75, 3.05) is 33.4 Å². The van der Waals surface area contributed by atoms with E-state index >= 15 is 0 Å². The number of hydrazine groups is 4. The molecular formula is C52H46N8. The number of rotatable bonds is 9. The third-order valence-electron chi connectivity index (χ3n) is 11.2. The van der Waals surface area contributed by atoms with Crippen LogP contribution in [-0.4, -0.2) is 25.7 Å². The van der Waals surface area contributed by atoms with Gasteiger partial charge in [0, 0.05) is 0 Å². The Balaban J connectivity index is 0.978. The lowest BCUT2D eigenvalue weighted by Crippen LogP contribution is -2.79. The molecule has 0 amide bonds. The summed E-state index contributed by atoms with van der Waals surface area (Å²) in [7, 11) is 0. The summed E-state index contributed by atoms with van der Waals surface area (Å²) in [4.78, 5) is 0. The van der Waals surface area contributed by atoms with E-state index < -0.39 is 0 Å². The number of nitrogens with one attached hydrogen (secondary N) is 4. The van der Waals surface area contributed by atoms with E-state index in [1.165, 1.54) is 44.5 Å². The summed E-state index contributed by atoms with van der Waals surface area (Å²) in [6.07, 6.45) is -0.613. The van der Waals surface area contributed by atoms with E-state index in [4.69, 9.17) is 0 Å². The zero-order valence-electron chi connectivity index (χ0n) is 33.1. The van der Waals surface area contributed by atoms with Crippen LogP contribution in [-0.2, 0) is 0 Å². The predicted molar refractivity (Wildman–Crippen MR) is 247 cm³/mol. The lowest BCUT2D eigenvalue weighted by Gasteiger charge is -2.50. The van der Waals surface area contributed by atoms with E-state index in [1.54, 1.807) is 0 Å². The molecule has 294 valence electrons. The Bertz CT molecular complexity index is 2220. The Morgan fingerprint density at radius 1 is 0.233 bits per heavy atom. The first-order valence-electron chi connectivity index (χ1n) is 20.5. The largest absolute Gasteiger partial charge is 0.286 e. The molecule has 2 fully saturated rings. The van der Waals surface area contributed by atoms with E-state index in [-0.39, 0.29) is 12.3 Å². The van der Waals surface area contributed by atoms with Crippen molar-refractivity contribution in [2.45, 2.75) is 12.3 Å². The molecule has 0 radical (unpaired) electrons. The number of anilines is 4. The van der Waals surface area contributed by atoms with Crippen LogP contribution in [0, 0.1) is 0 Å². The fourth-order valence-electron chi connectivity index (χ4n) is 7.96. The Morgan fingerprint density at radius 3 is 0.617 bits per heavy atom. The second-order valence-electron chi connectivity index (χ2n) is 15.1. The number of benzene rings is 8. The minimum absolute atomic E-state index is 0.307. The van der Waals surface area contributed by atoms with Crippen molar-refractivity contribution >= 4 is 22.7 Å². The molecule has 8 aromatic rings. The summed E-state index contributed by atoms with van der Waals surface area (Å²) in [6.45, 7) is 1.13. The van der Waals surface area contributed by atoms with Crippen LogP contribution < -0.4 is 41.7 Å². The normalized spacial score (nSPS) is 15.0. The second-order valence-corrected chi connectivity index (χ2v) is 15.1. The maximum Gasteiger partial charge on any atom is 0.124 e. The van der Waals surface area contributed by atoms with Gasteiger partial charge in [0.25, 0.3) is 0 Å². The van der Waals surface area contributed by atoms with Gasteiger partial charge in [-0.2, -0.15) is 0 Å². The van der Waals surface area contributed by atoms with Gasteiger partial charge < -0.3 is 0 Å². The van der Waals surface area contributed by atoms with Gasteiger partial charge >= 0.3 is 0 Å². The molecular weight excluding hydrogens is 737 g/mol. The minimum atomic E-state index is -0.307. The van der Waals surface area contributed by atoms with Crippen molar-refractivity contribution in [3.05, 3.63) is 218 Å². The first-order valence-corrected chi connectivity index (χ1v) is 20.5. The molecule has 8 heteroatoms. The predicted octanol–water partition coefficient (Wildman–Crippen LogP) is 10.3. The molecule has 0 atom stereocenters. The van der Waals surface area contributed by atoms with Crippen molar-refractivity contribution in [3.63, 3.8) is 0 Å². The van der Waals surface area contributed by atoms with Crippen LogP contribution in [0.1, 0.15) is 0 Å². The maximum atomic E-state index is 3.84. The van der Waals surface area contributed by atoms with Gasteiger partial charge in [-0.15, -0.1) is 0 Å². The highest BCUT2D eigenvalue weighted by atomic mass is 15.8. The molecule has 0 unspecified atom stereocenters. The molecule has 0 aromatic heterocycles. The monoisotopic (exact) mass is 782 g/mol. The zero-order valence-corrected chi connectivity index (χ0v) is 33.1. The van der Waals surface area contributed by atoms with Gasteiger partial charge in [0.1, 0.15) is 25.7 Å². The fourth-order valence-corrected chi connectivity index (χ4v) is 7.96. The molecule has 2 heterocycles. The number of hydrogen-bond donors (Lipinski definition) is 4. The van der Waals surface area contributed by atoms with Crippen LogP contribution in [0.3, 0.4) is 0 Å². The summed E-state index contributed by atoms with van der Waals surface area (Å²) in [5, 5.41) is 8.88. The van der Waals surface area contributed by atoms with Crippen LogP contribution in [0.15, 0.2) is 218 Å². The summed E-state index contributed by atoms with van der Waals surface area (Å²) in [5.41, 5.74) is 29.1. The summed E-state index contributed by atoms with van der Waals surface area (Å²) in [6, 6.07) is 77.2. The molecule has 8 aromatic carbocycles. The lowest BCUT2D eigenvalue weighted by atomic mass is 10.1. The quantitative estimate of drug-likeness (QED) is 0.116. The zero-order chi connectivity index (χ0) is 40.1. The maximum absolute atomic E-state index is 3.84. The first kappa shape index (κ1) is 37.1. The minimum Gasteiger partial charge on any atom is -0.286 e. The Kier molecular flexibility index (Phi) is 10.5. The van der Waals surface area contributed by atoms with Gasteiger partial charge in [0.05, 0.1) is 22.7 Å². The van der Waals surface area contributed by atoms with Crippen LogP contribution in [0.4, 0.5) is 22.7 Å². The highest BCUT2D eigenvalue weighted by molar-refractivity contribution is 5.70. The van der Waals surface area contributed by atoms with Gasteiger partial charge in [-0.05, 0) is 93.0 Å². The van der Waals surface area contributed by atoms with E-state index in [0.29, 0.717) is 13.3 Å². The molecule has 0 saturated carbocycles. The second kappa shape index (κ2) is 17.0. The highest BCUT2D eigenvalue weighted by Crippen LogP contribution is 2.30. The molecule has 0 aliphatic carbocycles. The van der Waals surface area contributed by atoms with Crippen LogP contribution in [0.5, 0.6) is 0 Å². The summed E-state index contributed by atoms with van der Waals surface area (Å²) < 4.78 is 0. The lowest BCUT2D eigenvalue weighted by molar-refractivity contribution is 0.209. The molecule has 8 nitrogen and oxygen atoms in total. The highest BCUT2D eigenvalue weighted by Gasteiger charge is 2.36. The van der Waals surface area contributed by atoms with Gasteiger partial charge in [-0.1, -0.05) is 170 Å². The van der Waals surface area contributed by atoms with Crippen LogP contribution in [0.25, 0.3) is 44.5 Å². The first-order chi connectivity index (χ1) is 29.7. The van der Waals surface area contributed by atoms with Crippen LogP contribution in [0.2, 0.25) is 0 Å². The van der Waals surface area contributed by atoms with Crippen LogP contribution >= 0.6 is 0 Å². The van der Waals surface area contributed by atoms with Gasteiger partial charge in [0.15, 0.2) is 0 Å². The smallest absolute Gasteiger partial charge is 0.124 e. The van der Waals surface area contributed by atoms with Gasteiger partial charge in [-0.25, -0.2) is 21.7 Å². The van der Waals surface area contributed by atoms with Gasteiger partial charge in [0.2, 0.25) is 0 Å². The third-order valence-corrected chi connectivity index (χ3v) is 11.2. The number of nitrogens with zero attached hydrogens (tertiary/aromatic N) is 4. The van der Waals surface area contributed by atoms with E-state index in [1.807, 2.05) is 0 Å². The van der Waals surface area contributed by atoms with Crippen molar-refractivity contribution in [1.82, 2.24) is 21.7 Å². The molecule has 10 rings (SSSR count). The molecule has 0 bridgehead atoms. The Labute approximate surface area is 351 Å². The standard InChI is InChI=1S/C52H46N8/c1-5-13-39(14-6-1)43-21-29-47(30-22-43)57-37-58(48-31-23-44(24-32-48)40-15-7-2-8-16-40)54-51(53-57)52-55-59(49-33-25-45(26-34-49)41-17-9-3-10-18-41)38-60(56-52)50-35-27-46(28-36-50)42-19-11-4-12-20-42/h1-36,51-56H,37-38H2. The Hall–Kier alpha value is -7.20. The van der Waals surface area contributed by atoms with Gasteiger partial charge in [-0.3, -0.25) is 20.0 Å². The molecule has 2 saturated heterocycles. The average molecular weight is 783 g/mol. The average Bonchev–Trinajstić information content (AvgIpc) is 3.35. The SMILES string of the molecule is c1ccc(-c2ccc(N3CN(c4ccc(-c5ccccc5)cc4)NC(C4NN(c5ccc(-c6ccccc6)cc5)CN(c5ccc(-c6ccccc6)cc5)N4)N3)cc2)cc1. The fraction of sp³-hybridized carbons (Fsp3) is 0.0769. The van der Waals surface area contributed by atoms with E-state index in [2.05, 4.69) is 260 Å². The third kappa shape index (κ3) is 8.09. The van der Waals surface area contributed by atoms with Crippen molar-refractivity contribution in [2.24, 2.45) is 0 Å². The molecule has 2 aliphatic heterocycles. The molecule has 60 heavy (non-hydrogen) atoms. The van der Waals surface area contributed by atoms with Crippen molar-refractivity contribution in [3.8, 4) is 44.5 Å². The molecule has 0 spiro atoms. The summed E-state index contributed by atoms with van der Waals surface area (Å²) >= 11 is 0. The Morgan fingerprint density at radius 2 is 0.417 bits per heavy atom. The van der Waals surface area contributed by atoms with E-state index in [9.17, 15) is 0 Å². The van der Waals surface area contributed by atoms with E-state index in [0.717, 1.165) is 22.7 Å². The topological polar surface area (TPSA) is 61.1 Å².